The number of nitrogens with zero attached hydrogens (tertiary/aromatic N) is 2. The van der Waals surface area contributed by atoms with Crippen molar-refractivity contribution in [1.82, 2.24) is 4.98 Å². The van der Waals surface area contributed by atoms with E-state index >= 15 is 0 Å². The number of amides is 1. The maximum atomic E-state index is 10.7. The molecule has 0 aliphatic carbocycles. The molecule has 0 saturated heterocycles. The Morgan fingerprint density at radius 2 is 2.31 bits per heavy atom. The Hall–Kier alpha value is -1.50. The summed E-state index contributed by atoms with van der Waals surface area (Å²) < 4.78 is 0.217. The molecular weight excluding hydrogens is 242 g/mol. The normalized spacial score (nSPS) is 9.62. The zero-order valence-corrected chi connectivity index (χ0v) is 7.82. The summed E-state index contributed by atoms with van der Waals surface area (Å²) in [6, 6.07) is 1.17. The minimum Gasteiger partial charge on any atom is -0.364 e. The van der Waals surface area contributed by atoms with Crippen molar-refractivity contribution in [1.29, 1.82) is 0 Å². The molecule has 0 unspecified atom stereocenters. The van der Waals surface area contributed by atoms with Gasteiger partial charge in [-0.3, -0.25) is 14.9 Å². The summed E-state index contributed by atoms with van der Waals surface area (Å²) in [4.78, 5) is 23.9. The molecule has 0 aliphatic heterocycles. The second-order valence-electron chi connectivity index (χ2n) is 2.15. The number of aromatic nitrogens is 1. The molecule has 7 heteroatoms. The number of halogens is 1. The number of primary amides is 1. The number of nitrogens with two attached hydrogens (primary N) is 1. The van der Waals surface area contributed by atoms with Crippen LogP contribution >= 0.6 is 15.9 Å². The molecule has 0 radical (unpaired) electrons. The third kappa shape index (κ3) is 2.00. The largest absolute Gasteiger partial charge is 0.364 e. The third-order valence-electron chi connectivity index (χ3n) is 1.27. The van der Waals surface area contributed by atoms with E-state index in [2.05, 4.69) is 20.9 Å². The van der Waals surface area contributed by atoms with Crippen molar-refractivity contribution < 1.29 is 9.72 Å². The van der Waals surface area contributed by atoms with Crippen molar-refractivity contribution in [2.75, 3.05) is 0 Å². The van der Waals surface area contributed by atoms with Gasteiger partial charge in [0.05, 0.1) is 9.40 Å². The third-order valence-corrected chi connectivity index (χ3v) is 1.88. The Morgan fingerprint density at radius 1 is 1.69 bits per heavy atom. The van der Waals surface area contributed by atoms with E-state index in [1.165, 1.54) is 6.07 Å². The second-order valence-corrected chi connectivity index (χ2v) is 3.00. The summed E-state index contributed by atoms with van der Waals surface area (Å²) in [6.45, 7) is 0. The van der Waals surface area contributed by atoms with Crippen LogP contribution in [0.15, 0.2) is 16.7 Å². The van der Waals surface area contributed by atoms with Crippen LogP contribution in [0.3, 0.4) is 0 Å². The van der Waals surface area contributed by atoms with Crippen molar-refractivity contribution >= 4 is 27.5 Å². The van der Waals surface area contributed by atoms with Gasteiger partial charge in [-0.15, -0.1) is 0 Å². The first-order valence-electron chi connectivity index (χ1n) is 3.12. The molecule has 0 aromatic carbocycles. The van der Waals surface area contributed by atoms with E-state index < -0.39 is 10.8 Å². The SMILES string of the molecule is NC(=O)c1ncc([N+](=O)[O-])cc1Br. The van der Waals surface area contributed by atoms with Crippen LogP contribution in [0.4, 0.5) is 5.69 Å². The average molecular weight is 246 g/mol. The lowest BCUT2D eigenvalue weighted by atomic mass is 10.3. The van der Waals surface area contributed by atoms with Crippen LogP contribution in [-0.4, -0.2) is 15.8 Å². The lowest BCUT2D eigenvalue weighted by molar-refractivity contribution is -0.385. The van der Waals surface area contributed by atoms with E-state index in [0.717, 1.165) is 6.20 Å². The summed E-state index contributed by atoms with van der Waals surface area (Å²) >= 11 is 2.95. The molecule has 0 saturated carbocycles. The lowest BCUT2D eigenvalue weighted by Gasteiger charge is -1.97. The predicted octanol–water partition coefficient (Wildman–Crippen LogP) is 0.851. The number of pyridine rings is 1. The van der Waals surface area contributed by atoms with Crippen LogP contribution in [-0.2, 0) is 0 Å². The van der Waals surface area contributed by atoms with Crippen molar-refractivity contribution in [2.45, 2.75) is 0 Å². The van der Waals surface area contributed by atoms with Gasteiger partial charge in [0.15, 0.2) is 0 Å². The molecule has 0 atom stereocenters. The molecule has 1 amide bonds. The van der Waals surface area contributed by atoms with Crippen molar-refractivity contribution in [3.63, 3.8) is 0 Å². The molecular formula is C6H4BrN3O3. The van der Waals surface area contributed by atoms with Crippen LogP contribution in [0.25, 0.3) is 0 Å². The molecule has 0 spiro atoms. The fraction of sp³-hybridized carbons (Fsp3) is 0. The van der Waals surface area contributed by atoms with E-state index in [4.69, 9.17) is 5.73 Å². The van der Waals surface area contributed by atoms with Gasteiger partial charge < -0.3 is 5.73 Å². The van der Waals surface area contributed by atoms with E-state index in [9.17, 15) is 14.9 Å². The standard InChI is InChI=1S/C6H4BrN3O3/c7-4-1-3(10(12)13)2-9-5(4)6(8)11/h1-2H,(H2,8,11). The predicted molar refractivity (Wildman–Crippen MR) is 47.1 cm³/mol. The summed E-state index contributed by atoms with van der Waals surface area (Å²) in [6.07, 6.45) is 0.977. The van der Waals surface area contributed by atoms with E-state index in [0.29, 0.717) is 0 Å². The zero-order chi connectivity index (χ0) is 10.0. The fourth-order valence-electron chi connectivity index (χ4n) is 0.709. The summed E-state index contributed by atoms with van der Waals surface area (Å²) in [7, 11) is 0. The summed E-state index contributed by atoms with van der Waals surface area (Å²) in [5.41, 5.74) is 4.72. The first kappa shape index (κ1) is 9.59. The average Bonchev–Trinajstić information content (AvgIpc) is 2.03. The number of hydrogen-bond acceptors (Lipinski definition) is 4. The Bertz CT molecular complexity index is 379. The van der Waals surface area contributed by atoms with Gasteiger partial charge in [0.25, 0.3) is 11.6 Å². The smallest absolute Gasteiger partial charge is 0.288 e. The monoisotopic (exact) mass is 245 g/mol. The Balaban J connectivity index is 3.20. The molecule has 0 fully saturated rings. The fourth-order valence-corrected chi connectivity index (χ4v) is 1.24. The van der Waals surface area contributed by atoms with E-state index in [1.807, 2.05) is 0 Å². The van der Waals surface area contributed by atoms with Gasteiger partial charge in [-0.2, -0.15) is 0 Å². The van der Waals surface area contributed by atoms with E-state index in [-0.39, 0.29) is 15.9 Å². The van der Waals surface area contributed by atoms with Crippen molar-refractivity contribution in [3.8, 4) is 0 Å². The molecule has 1 aromatic heterocycles. The molecule has 1 aromatic rings. The maximum Gasteiger partial charge on any atom is 0.288 e. The summed E-state index contributed by atoms with van der Waals surface area (Å²) in [5.74, 6) is -0.734. The molecule has 13 heavy (non-hydrogen) atoms. The highest BCUT2D eigenvalue weighted by atomic mass is 79.9. The second kappa shape index (κ2) is 3.48. The van der Waals surface area contributed by atoms with Crippen LogP contribution < -0.4 is 5.73 Å². The molecule has 0 bridgehead atoms. The van der Waals surface area contributed by atoms with Crippen LogP contribution in [0, 0.1) is 10.1 Å². The first-order chi connectivity index (χ1) is 6.02. The van der Waals surface area contributed by atoms with Gasteiger partial charge in [0.2, 0.25) is 0 Å². The first-order valence-corrected chi connectivity index (χ1v) is 3.91. The molecule has 1 heterocycles. The number of rotatable bonds is 2. The van der Waals surface area contributed by atoms with Crippen LogP contribution in [0.1, 0.15) is 10.5 Å². The molecule has 1 rings (SSSR count). The van der Waals surface area contributed by atoms with Gasteiger partial charge in [0.1, 0.15) is 11.9 Å². The van der Waals surface area contributed by atoms with Gasteiger partial charge in [-0.05, 0) is 15.9 Å². The molecule has 2 N–H and O–H groups in total. The topological polar surface area (TPSA) is 99.1 Å². The van der Waals surface area contributed by atoms with Crippen LogP contribution in [0.5, 0.6) is 0 Å². The molecule has 68 valence electrons. The summed E-state index contributed by atoms with van der Waals surface area (Å²) in [5, 5.41) is 10.3. The van der Waals surface area contributed by atoms with Gasteiger partial charge in [-0.1, -0.05) is 0 Å². The van der Waals surface area contributed by atoms with Crippen molar-refractivity contribution in [2.24, 2.45) is 5.73 Å². The Morgan fingerprint density at radius 3 is 2.69 bits per heavy atom. The van der Waals surface area contributed by atoms with Crippen molar-refractivity contribution in [3.05, 3.63) is 32.5 Å². The molecule has 6 nitrogen and oxygen atoms in total. The number of carbonyl (C=O) groups is 1. The lowest BCUT2D eigenvalue weighted by Crippen LogP contribution is -2.13. The molecule has 0 aliphatic rings. The van der Waals surface area contributed by atoms with E-state index in [1.54, 1.807) is 0 Å². The number of carbonyl (C=O) groups excluding carboxylic acids is 1. The minimum atomic E-state index is -0.734. The van der Waals surface area contributed by atoms with Gasteiger partial charge in [0, 0.05) is 6.07 Å². The Labute approximate surface area is 81.0 Å². The highest BCUT2D eigenvalue weighted by Gasteiger charge is 2.13. The zero-order valence-electron chi connectivity index (χ0n) is 6.23. The van der Waals surface area contributed by atoms with Crippen LogP contribution in [0.2, 0.25) is 0 Å². The maximum absolute atomic E-state index is 10.7. The number of hydrogen-bond donors (Lipinski definition) is 1. The van der Waals surface area contributed by atoms with Gasteiger partial charge in [-0.25, -0.2) is 4.98 Å². The minimum absolute atomic E-state index is 0.0226. The quantitative estimate of drug-likeness (QED) is 0.617. The number of nitro groups is 1. The van der Waals surface area contributed by atoms with Gasteiger partial charge >= 0.3 is 0 Å². The highest BCUT2D eigenvalue weighted by Crippen LogP contribution is 2.19. The highest BCUT2D eigenvalue weighted by molar-refractivity contribution is 9.10. The Kier molecular flexibility index (Phi) is 2.57.